The maximum absolute atomic E-state index is 10.7. The molecule has 0 saturated carbocycles. The standard InChI is InChI=1S/C6H10N2O/c1-4(9)6(7,8)5-2-3-5/h2H,3,7-8H2,1H3. The summed E-state index contributed by atoms with van der Waals surface area (Å²) in [7, 11) is 0. The number of carbonyl (C=O) groups excluding carboxylic acids is 1. The molecule has 1 aliphatic carbocycles. The molecule has 4 N–H and O–H groups in total. The number of carbonyl (C=O) groups is 1. The molecule has 0 aromatic heterocycles. The number of Topliss-reactive ketones (excluding diaryl/α,β-unsaturated/α-hetero) is 1. The van der Waals surface area contributed by atoms with E-state index < -0.39 is 5.66 Å². The molecule has 9 heavy (non-hydrogen) atoms. The Morgan fingerprint density at radius 1 is 1.78 bits per heavy atom. The highest BCUT2D eigenvalue weighted by Gasteiger charge is 2.34. The van der Waals surface area contributed by atoms with Crippen LogP contribution in [0.1, 0.15) is 13.3 Å². The van der Waals surface area contributed by atoms with Crippen LogP contribution in [0.3, 0.4) is 0 Å². The fourth-order valence-electron chi connectivity index (χ4n) is 0.615. The van der Waals surface area contributed by atoms with E-state index in [4.69, 9.17) is 11.5 Å². The number of rotatable bonds is 2. The second kappa shape index (κ2) is 1.65. The molecule has 3 nitrogen and oxygen atoms in total. The van der Waals surface area contributed by atoms with Crippen LogP contribution in [0, 0.1) is 0 Å². The van der Waals surface area contributed by atoms with Gasteiger partial charge in [-0.1, -0.05) is 6.08 Å². The van der Waals surface area contributed by atoms with Crippen molar-refractivity contribution in [3.05, 3.63) is 11.6 Å². The highest BCUT2D eigenvalue weighted by molar-refractivity contribution is 5.89. The molecule has 0 aliphatic heterocycles. The maximum Gasteiger partial charge on any atom is 0.168 e. The van der Waals surface area contributed by atoms with Gasteiger partial charge in [0.1, 0.15) is 5.66 Å². The van der Waals surface area contributed by atoms with Crippen molar-refractivity contribution in [3.63, 3.8) is 0 Å². The van der Waals surface area contributed by atoms with E-state index in [1.165, 1.54) is 6.92 Å². The third-order valence-corrected chi connectivity index (χ3v) is 1.52. The molecule has 0 unspecified atom stereocenters. The van der Waals surface area contributed by atoms with Crippen LogP contribution in [0.5, 0.6) is 0 Å². The third-order valence-electron chi connectivity index (χ3n) is 1.52. The van der Waals surface area contributed by atoms with Crippen molar-refractivity contribution < 1.29 is 4.79 Å². The Morgan fingerprint density at radius 2 is 2.22 bits per heavy atom. The van der Waals surface area contributed by atoms with E-state index in [2.05, 4.69) is 0 Å². The Kier molecular flexibility index (Phi) is 1.18. The predicted molar refractivity (Wildman–Crippen MR) is 34.5 cm³/mol. The zero-order valence-electron chi connectivity index (χ0n) is 5.35. The molecule has 1 rings (SSSR count). The Morgan fingerprint density at radius 3 is 2.33 bits per heavy atom. The summed E-state index contributed by atoms with van der Waals surface area (Å²) in [6.07, 6.45) is 2.66. The summed E-state index contributed by atoms with van der Waals surface area (Å²) in [6, 6.07) is 0. The minimum absolute atomic E-state index is 0.175. The summed E-state index contributed by atoms with van der Waals surface area (Å²) in [5, 5.41) is 0. The minimum atomic E-state index is -1.17. The predicted octanol–water partition coefficient (Wildman–Crippen LogP) is -0.481. The van der Waals surface area contributed by atoms with Crippen LogP contribution >= 0.6 is 0 Å². The van der Waals surface area contributed by atoms with Gasteiger partial charge in [0.25, 0.3) is 0 Å². The van der Waals surface area contributed by atoms with Crippen molar-refractivity contribution >= 4 is 5.78 Å². The molecule has 0 heterocycles. The van der Waals surface area contributed by atoms with Crippen molar-refractivity contribution in [1.82, 2.24) is 0 Å². The third kappa shape index (κ3) is 1.01. The minimum Gasteiger partial charge on any atom is -0.304 e. The van der Waals surface area contributed by atoms with Crippen molar-refractivity contribution in [2.45, 2.75) is 19.0 Å². The fourth-order valence-corrected chi connectivity index (χ4v) is 0.615. The molecule has 0 bridgehead atoms. The summed E-state index contributed by atoms with van der Waals surface area (Å²) in [4.78, 5) is 10.7. The zero-order valence-corrected chi connectivity index (χ0v) is 5.35. The SMILES string of the molecule is CC(=O)C(N)(N)C1=CC1. The molecule has 0 fully saturated rings. The lowest BCUT2D eigenvalue weighted by Gasteiger charge is -2.16. The molecule has 3 heteroatoms. The molecule has 0 radical (unpaired) electrons. The first-order valence-electron chi connectivity index (χ1n) is 2.83. The second-order valence-corrected chi connectivity index (χ2v) is 2.36. The first-order chi connectivity index (χ1) is 4.05. The molecule has 0 aromatic rings. The quantitative estimate of drug-likeness (QED) is 0.388. The van der Waals surface area contributed by atoms with Gasteiger partial charge >= 0.3 is 0 Å². The Bertz CT molecular complexity index is 177. The normalized spacial score (nSPS) is 17.0. The van der Waals surface area contributed by atoms with E-state index >= 15 is 0 Å². The van der Waals surface area contributed by atoms with E-state index in [-0.39, 0.29) is 5.78 Å². The summed E-state index contributed by atoms with van der Waals surface area (Å²) < 4.78 is 0. The highest BCUT2D eigenvalue weighted by atomic mass is 16.1. The van der Waals surface area contributed by atoms with E-state index in [0.29, 0.717) is 0 Å². The number of hydrogen-bond donors (Lipinski definition) is 2. The van der Waals surface area contributed by atoms with Crippen LogP contribution in [0.15, 0.2) is 11.6 Å². The topological polar surface area (TPSA) is 69.1 Å². The average molecular weight is 126 g/mol. The lowest BCUT2D eigenvalue weighted by atomic mass is 10.1. The molecule has 0 atom stereocenters. The van der Waals surface area contributed by atoms with Gasteiger partial charge in [-0.15, -0.1) is 0 Å². The molecule has 1 aliphatic rings. The Hall–Kier alpha value is -0.670. The lowest BCUT2D eigenvalue weighted by molar-refractivity contribution is -0.120. The summed E-state index contributed by atoms with van der Waals surface area (Å²) >= 11 is 0. The maximum atomic E-state index is 10.7. The van der Waals surface area contributed by atoms with Crippen LogP contribution in [0.25, 0.3) is 0 Å². The van der Waals surface area contributed by atoms with Gasteiger partial charge in [-0.2, -0.15) is 0 Å². The van der Waals surface area contributed by atoms with Gasteiger partial charge in [0.15, 0.2) is 5.78 Å². The van der Waals surface area contributed by atoms with Crippen LogP contribution in [-0.2, 0) is 4.79 Å². The van der Waals surface area contributed by atoms with Crippen molar-refractivity contribution in [3.8, 4) is 0 Å². The van der Waals surface area contributed by atoms with Crippen molar-refractivity contribution in [2.24, 2.45) is 11.5 Å². The van der Waals surface area contributed by atoms with Gasteiger partial charge in [-0.3, -0.25) is 4.79 Å². The van der Waals surface area contributed by atoms with Crippen LogP contribution in [0.4, 0.5) is 0 Å². The summed E-state index contributed by atoms with van der Waals surface area (Å²) in [6.45, 7) is 1.40. The van der Waals surface area contributed by atoms with Crippen LogP contribution in [-0.4, -0.2) is 11.4 Å². The fraction of sp³-hybridized carbons (Fsp3) is 0.500. The first kappa shape index (κ1) is 6.45. The van der Waals surface area contributed by atoms with Gasteiger partial charge < -0.3 is 11.5 Å². The van der Waals surface area contributed by atoms with Gasteiger partial charge in [-0.25, -0.2) is 0 Å². The smallest absolute Gasteiger partial charge is 0.168 e. The van der Waals surface area contributed by atoms with Crippen LogP contribution in [0.2, 0.25) is 0 Å². The van der Waals surface area contributed by atoms with E-state index in [1.54, 1.807) is 0 Å². The van der Waals surface area contributed by atoms with Gasteiger partial charge in [0.05, 0.1) is 0 Å². The number of hydrogen-bond acceptors (Lipinski definition) is 3. The molecular formula is C6H10N2O. The number of nitrogens with two attached hydrogens (primary N) is 2. The number of ketones is 1. The molecule has 50 valence electrons. The Balaban J connectivity index is 2.71. The van der Waals surface area contributed by atoms with Gasteiger partial charge in [0.2, 0.25) is 0 Å². The summed E-state index contributed by atoms with van der Waals surface area (Å²) in [5.41, 5.74) is 10.5. The van der Waals surface area contributed by atoms with Crippen molar-refractivity contribution in [2.75, 3.05) is 0 Å². The first-order valence-corrected chi connectivity index (χ1v) is 2.83. The van der Waals surface area contributed by atoms with E-state index in [1.807, 2.05) is 6.08 Å². The van der Waals surface area contributed by atoms with E-state index in [9.17, 15) is 4.79 Å². The summed E-state index contributed by atoms with van der Waals surface area (Å²) in [5.74, 6) is -0.175. The van der Waals surface area contributed by atoms with Gasteiger partial charge in [0, 0.05) is 0 Å². The average Bonchev–Trinajstić information content (AvgIpc) is 2.42. The van der Waals surface area contributed by atoms with E-state index in [0.717, 1.165) is 12.0 Å². The highest BCUT2D eigenvalue weighted by Crippen LogP contribution is 2.26. The van der Waals surface area contributed by atoms with Crippen LogP contribution < -0.4 is 11.5 Å². The molecule has 0 spiro atoms. The molecule has 0 aromatic carbocycles. The second-order valence-electron chi connectivity index (χ2n) is 2.36. The largest absolute Gasteiger partial charge is 0.304 e. The molecular weight excluding hydrogens is 116 g/mol. The van der Waals surface area contributed by atoms with Gasteiger partial charge in [-0.05, 0) is 18.9 Å². The number of allylic oxidation sites excluding steroid dienone is 1. The lowest BCUT2D eigenvalue weighted by Crippen LogP contribution is -2.54. The molecule has 0 saturated heterocycles. The monoisotopic (exact) mass is 126 g/mol. The van der Waals surface area contributed by atoms with Crippen molar-refractivity contribution in [1.29, 1.82) is 0 Å². The zero-order chi connectivity index (χ0) is 7.07. The Labute approximate surface area is 53.7 Å². The molecule has 0 amide bonds.